The molecule has 41 heavy (non-hydrogen) atoms. The Kier molecular flexibility index (Phi) is 6.20. The summed E-state index contributed by atoms with van der Waals surface area (Å²) in [4.78, 5) is 21.8. The Morgan fingerprint density at radius 2 is 2.00 bits per heavy atom. The third-order valence-corrected chi connectivity index (χ3v) is 6.85. The fourth-order valence-electron chi connectivity index (χ4n) is 4.85. The molecule has 2 aromatic carbocycles. The molecule has 4 heterocycles. The predicted molar refractivity (Wildman–Crippen MR) is 150 cm³/mol. The van der Waals surface area contributed by atoms with Gasteiger partial charge < -0.3 is 15.2 Å². The zero-order valence-corrected chi connectivity index (χ0v) is 22.2. The predicted octanol–water partition coefficient (Wildman–Crippen LogP) is 5.60. The topological polar surface area (TPSA) is 126 Å². The second kappa shape index (κ2) is 9.88. The molecular weight excluding hydrogens is 523 g/mol. The molecule has 0 spiro atoms. The molecule has 3 aromatic heterocycles. The summed E-state index contributed by atoms with van der Waals surface area (Å²) in [6.07, 6.45) is 3.64. The molecule has 2 N–H and O–H groups in total. The van der Waals surface area contributed by atoms with E-state index in [-0.39, 0.29) is 16.9 Å². The summed E-state index contributed by atoms with van der Waals surface area (Å²) in [7, 11) is 0. The van der Waals surface area contributed by atoms with Crippen LogP contribution in [0.4, 0.5) is 15.9 Å². The van der Waals surface area contributed by atoms with Gasteiger partial charge in [-0.1, -0.05) is 6.07 Å². The Morgan fingerprint density at radius 1 is 1.15 bits per heavy atom. The molecule has 1 aliphatic heterocycles. The number of benzene rings is 2. The molecule has 10 nitrogen and oxygen atoms in total. The number of fused-ring (bicyclic) bond motifs is 3. The molecule has 11 heteroatoms. The Morgan fingerprint density at radius 3 is 2.80 bits per heavy atom. The standard InChI is InChI=1S/C30H23FN8O2/c1-30(2)16-41-29-36-25-27(37-26(38-28(25)39(29)30)20-12-22(33-3)15-34-14-20)35-7-6-17-4-5-24(40)23(10-17)19-8-18(13-32)9-21(31)11-19/h4-5,8-12,14-15,40H,6-7,16H2,1-2H3,(H,35,37,38). The van der Waals surface area contributed by atoms with Gasteiger partial charge in [-0.3, -0.25) is 9.55 Å². The molecule has 202 valence electrons. The van der Waals surface area contributed by atoms with Gasteiger partial charge in [-0.15, -0.1) is 0 Å². The largest absolute Gasteiger partial charge is 0.507 e. The van der Waals surface area contributed by atoms with Crippen molar-refractivity contribution in [2.75, 3.05) is 18.5 Å². The average molecular weight is 547 g/mol. The normalized spacial score (nSPS) is 13.3. The van der Waals surface area contributed by atoms with Crippen molar-refractivity contribution >= 4 is 22.7 Å². The van der Waals surface area contributed by atoms with Gasteiger partial charge >= 0.3 is 0 Å². The van der Waals surface area contributed by atoms with Gasteiger partial charge in [0.25, 0.3) is 6.01 Å². The first-order valence-corrected chi connectivity index (χ1v) is 12.8. The Hall–Kier alpha value is -5.55. The molecule has 0 bridgehead atoms. The molecule has 6 rings (SSSR count). The van der Waals surface area contributed by atoms with E-state index in [0.717, 1.165) is 11.6 Å². The fraction of sp³-hybridized carbons (Fsp3) is 0.200. The van der Waals surface area contributed by atoms with E-state index in [1.807, 2.05) is 24.5 Å². The second-order valence-corrected chi connectivity index (χ2v) is 10.3. The summed E-state index contributed by atoms with van der Waals surface area (Å²) in [5.41, 5.74) is 3.68. The summed E-state index contributed by atoms with van der Waals surface area (Å²) in [5.74, 6) is 0.339. The van der Waals surface area contributed by atoms with Crippen molar-refractivity contribution in [3.8, 4) is 40.3 Å². The number of pyridine rings is 1. The van der Waals surface area contributed by atoms with Crippen molar-refractivity contribution in [3.05, 3.63) is 83.2 Å². The average Bonchev–Trinajstić information content (AvgIpc) is 3.50. The number of imidazole rings is 1. The first kappa shape index (κ1) is 25.7. The highest BCUT2D eigenvalue weighted by atomic mass is 19.1. The van der Waals surface area contributed by atoms with Crippen LogP contribution in [0, 0.1) is 23.7 Å². The molecular formula is C30H23FN8O2. The number of nitrogens with zero attached hydrogens (tertiary/aromatic N) is 7. The minimum Gasteiger partial charge on any atom is -0.507 e. The number of aromatic nitrogens is 5. The van der Waals surface area contributed by atoms with Gasteiger partial charge in [-0.25, -0.2) is 19.2 Å². The van der Waals surface area contributed by atoms with E-state index in [4.69, 9.17) is 21.3 Å². The lowest BCUT2D eigenvalue weighted by molar-refractivity contribution is 0.268. The van der Waals surface area contributed by atoms with E-state index in [0.29, 0.717) is 70.8 Å². The molecule has 5 aromatic rings. The van der Waals surface area contributed by atoms with Gasteiger partial charge in [0.2, 0.25) is 5.69 Å². The molecule has 0 unspecified atom stereocenters. The number of halogens is 1. The SMILES string of the molecule is [C-]#[N+]c1cncc(-c2nc(NCCc3ccc(O)c(-c4cc(F)cc(C#N)c4)c3)c3nc4n(c3n2)C(C)(C)CO4)c1. The van der Waals surface area contributed by atoms with Crippen molar-refractivity contribution in [1.29, 1.82) is 5.26 Å². The molecule has 0 atom stereocenters. The van der Waals surface area contributed by atoms with Crippen molar-refractivity contribution < 1.29 is 14.2 Å². The third-order valence-electron chi connectivity index (χ3n) is 6.85. The number of hydrogen-bond donors (Lipinski definition) is 2. The van der Waals surface area contributed by atoms with Crippen LogP contribution in [0.5, 0.6) is 11.8 Å². The number of anilines is 1. The van der Waals surface area contributed by atoms with Gasteiger partial charge in [0.15, 0.2) is 22.8 Å². The van der Waals surface area contributed by atoms with Crippen LogP contribution >= 0.6 is 0 Å². The molecule has 0 saturated heterocycles. The van der Waals surface area contributed by atoms with E-state index in [1.165, 1.54) is 12.3 Å². The fourth-order valence-corrected chi connectivity index (χ4v) is 4.85. The monoisotopic (exact) mass is 546 g/mol. The minimum atomic E-state index is -0.551. The van der Waals surface area contributed by atoms with Crippen LogP contribution in [-0.4, -0.2) is 42.8 Å². The Balaban J connectivity index is 1.33. The maximum atomic E-state index is 14.1. The highest BCUT2D eigenvalue weighted by Crippen LogP contribution is 2.37. The maximum Gasteiger partial charge on any atom is 0.299 e. The highest BCUT2D eigenvalue weighted by Gasteiger charge is 2.36. The maximum absolute atomic E-state index is 14.1. The van der Waals surface area contributed by atoms with Gasteiger partial charge in [-0.05, 0) is 67.8 Å². The first-order chi connectivity index (χ1) is 19.8. The van der Waals surface area contributed by atoms with Crippen molar-refractivity contribution in [2.45, 2.75) is 25.8 Å². The van der Waals surface area contributed by atoms with Gasteiger partial charge in [0.05, 0.1) is 23.7 Å². The number of rotatable bonds is 6. The Labute approximate surface area is 234 Å². The lowest BCUT2D eigenvalue weighted by Crippen LogP contribution is -2.25. The van der Waals surface area contributed by atoms with E-state index in [2.05, 4.69) is 20.1 Å². The summed E-state index contributed by atoms with van der Waals surface area (Å²) >= 11 is 0. The van der Waals surface area contributed by atoms with Crippen LogP contribution in [-0.2, 0) is 12.0 Å². The summed E-state index contributed by atoms with van der Waals surface area (Å²) in [6, 6.07) is 13.2. The molecule has 0 fully saturated rings. The van der Waals surface area contributed by atoms with Gasteiger partial charge in [0, 0.05) is 30.1 Å². The quantitative estimate of drug-likeness (QED) is 0.264. The van der Waals surface area contributed by atoms with Gasteiger partial charge in [0.1, 0.15) is 18.2 Å². The molecule has 1 aliphatic rings. The van der Waals surface area contributed by atoms with Crippen molar-refractivity contribution in [1.82, 2.24) is 24.5 Å². The second-order valence-electron chi connectivity index (χ2n) is 10.3. The van der Waals surface area contributed by atoms with Crippen LogP contribution in [0.1, 0.15) is 25.0 Å². The molecule has 0 amide bonds. The molecule has 0 radical (unpaired) electrons. The number of ether oxygens (including phenoxy) is 1. The molecule has 0 saturated carbocycles. The van der Waals surface area contributed by atoms with Crippen LogP contribution in [0.3, 0.4) is 0 Å². The first-order valence-electron chi connectivity index (χ1n) is 12.8. The Bertz CT molecular complexity index is 1920. The lowest BCUT2D eigenvalue weighted by Gasteiger charge is -2.18. The van der Waals surface area contributed by atoms with E-state index in [9.17, 15) is 14.8 Å². The molecule has 0 aliphatic carbocycles. The number of phenolic OH excluding ortho intramolecular Hbond substituents is 1. The van der Waals surface area contributed by atoms with Crippen LogP contribution in [0.25, 0.3) is 38.5 Å². The zero-order valence-electron chi connectivity index (χ0n) is 22.2. The summed E-state index contributed by atoms with van der Waals surface area (Å²) in [6.45, 7) is 12.3. The number of nitrogens with one attached hydrogen (secondary N) is 1. The van der Waals surface area contributed by atoms with E-state index < -0.39 is 5.82 Å². The number of phenols is 1. The summed E-state index contributed by atoms with van der Waals surface area (Å²) < 4.78 is 21.9. The van der Waals surface area contributed by atoms with Crippen LogP contribution in [0.15, 0.2) is 54.9 Å². The van der Waals surface area contributed by atoms with Crippen LogP contribution < -0.4 is 10.1 Å². The minimum absolute atomic E-state index is 0.0104. The summed E-state index contributed by atoms with van der Waals surface area (Å²) in [5, 5.41) is 23.0. The van der Waals surface area contributed by atoms with Crippen molar-refractivity contribution in [2.24, 2.45) is 0 Å². The smallest absolute Gasteiger partial charge is 0.299 e. The van der Waals surface area contributed by atoms with Gasteiger partial charge in [-0.2, -0.15) is 10.2 Å². The lowest BCUT2D eigenvalue weighted by atomic mass is 9.99. The number of aromatic hydroxyl groups is 1. The zero-order chi connectivity index (χ0) is 28.7. The van der Waals surface area contributed by atoms with E-state index in [1.54, 1.807) is 36.5 Å². The number of nitriles is 1. The van der Waals surface area contributed by atoms with Crippen LogP contribution in [0.2, 0.25) is 0 Å². The van der Waals surface area contributed by atoms with E-state index >= 15 is 0 Å². The number of hydrogen-bond acceptors (Lipinski definition) is 8. The highest BCUT2D eigenvalue weighted by molar-refractivity contribution is 5.87. The third kappa shape index (κ3) is 4.74. The van der Waals surface area contributed by atoms with Crippen molar-refractivity contribution in [3.63, 3.8) is 0 Å².